The first-order chi connectivity index (χ1) is 8.40. The highest BCUT2D eigenvalue weighted by atomic mass is 16.5. The average molecular weight is 231 g/mol. The maximum atomic E-state index is 8.89. The number of rotatable bonds is 5. The molecule has 1 aromatic carbocycles. The minimum absolute atomic E-state index is 0.421. The second-order valence-corrected chi connectivity index (χ2v) is 4.23. The lowest BCUT2D eigenvalue weighted by Gasteiger charge is -2.12. The molecule has 0 radical (unpaired) electrons. The molecule has 1 fully saturated rings. The fraction of sp³-hybridized carbons (Fsp3) is 0.500. The van der Waals surface area contributed by atoms with Gasteiger partial charge in [-0.3, -0.25) is 0 Å². The number of hydrogen-bond acceptors (Lipinski definition) is 3. The van der Waals surface area contributed by atoms with Crippen LogP contribution >= 0.6 is 0 Å². The standard InChI is InChI=1S/C14H17NO2/c15-11-12-5-1-4-8-14(12)17-10-9-16-13-6-2-3-7-13/h1,4-5,8,13H,2-3,6-7,9-10H2. The van der Waals surface area contributed by atoms with Crippen LogP contribution < -0.4 is 4.74 Å². The lowest BCUT2D eigenvalue weighted by Crippen LogP contribution is -2.14. The molecule has 0 aromatic heterocycles. The Labute approximate surface area is 102 Å². The first-order valence-corrected chi connectivity index (χ1v) is 6.13. The van der Waals surface area contributed by atoms with Crippen molar-refractivity contribution in [1.29, 1.82) is 5.26 Å². The van der Waals surface area contributed by atoms with Gasteiger partial charge in [-0.1, -0.05) is 25.0 Å². The van der Waals surface area contributed by atoms with E-state index in [-0.39, 0.29) is 0 Å². The van der Waals surface area contributed by atoms with E-state index >= 15 is 0 Å². The van der Waals surface area contributed by atoms with E-state index in [4.69, 9.17) is 14.7 Å². The predicted octanol–water partition coefficient (Wildman–Crippen LogP) is 2.90. The van der Waals surface area contributed by atoms with Crippen LogP contribution in [0.2, 0.25) is 0 Å². The summed E-state index contributed by atoms with van der Waals surface area (Å²) in [6, 6.07) is 9.39. The Bertz CT molecular complexity index is 391. The summed E-state index contributed by atoms with van der Waals surface area (Å²) in [4.78, 5) is 0. The van der Waals surface area contributed by atoms with Gasteiger partial charge in [0.15, 0.2) is 0 Å². The van der Waals surface area contributed by atoms with Crippen molar-refractivity contribution in [3.8, 4) is 11.8 Å². The van der Waals surface area contributed by atoms with Crippen molar-refractivity contribution < 1.29 is 9.47 Å². The Morgan fingerprint density at radius 3 is 2.71 bits per heavy atom. The highest BCUT2D eigenvalue weighted by Gasteiger charge is 2.14. The van der Waals surface area contributed by atoms with Gasteiger partial charge in [0.25, 0.3) is 0 Å². The van der Waals surface area contributed by atoms with Crippen LogP contribution in [0.1, 0.15) is 31.2 Å². The van der Waals surface area contributed by atoms with Gasteiger partial charge in [0.1, 0.15) is 18.4 Å². The largest absolute Gasteiger partial charge is 0.490 e. The van der Waals surface area contributed by atoms with E-state index in [0.29, 0.717) is 30.6 Å². The third kappa shape index (κ3) is 3.47. The third-order valence-corrected chi connectivity index (χ3v) is 3.00. The van der Waals surface area contributed by atoms with Crippen LogP contribution in [0.15, 0.2) is 24.3 Å². The minimum Gasteiger partial charge on any atom is -0.490 e. The van der Waals surface area contributed by atoms with Crippen LogP contribution in [-0.4, -0.2) is 19.3 Å². The van der Waals surface area contributed by atoms with Crippen molar-refractivity contribution in [3.63, 3.8) is 0 Å². The fourth-order valence-electron chi connectivity index (χ4n) is 2.11. The highest BCUT2D eigenvalue weighted by molar-refractivity contribution is 5.42. The molecule has 2 rings (SSSR count). The summed E-state index contributed by atoms with van der Waals surface area (Å²) in [7, 11) is 0. The molecule has 0 heterocycles. The van der Waals surface area contributed by atoms with Crippen molar-refractivity contribution >= 4 is 0 Å². The predicted molar refractivity (Wildman–Crippen MR) is 64.9 cm³/mol. The first-order valence-electron chi connectivity index (χ1n) is 6.13. The quantitative estimate of drug-likeness (QED) is 0.732. The van der Waals surface area contributed by atoms with Crippen LogP contribution in [0, 0.1) is 11.3 Å². The number of benzene rings is 1. The molecule has 1 aliphatic carbocycles. The van der Waals surface area contributed by atoms with E-state index in [1.54, 1.807) is 6.07 Å². The molecular formula is C14H17NO2. The molecule has 0 bridgehead atoms. The molecule has 0 N–H and O–H groups in total. The van der Waals surface area contributed by atoms with Gasteiger partial charge in [-0.25, -0.2) is 0 Å². The van der Waals surface area contributed by atoms with E-state index in [0.717, 1.165) is 0 Å². The number of nitriles is 1. The lowest BCUT2D eigenvalue weighted by atomic mass is 10.2. The summed E-state index contributed by atoms with van der Waals surface area (Å²) in [6.07, 6.45) is 5.33. The Balaban J connectivity index is 1.72. The van der Waals surface area contributed by atoms with Crippen molar-refractivity contribution in [1.82, 2.24) is 0 Å². The van der Waals surface area contributed by atoms with Crippen LogP contribution in [0.5, 0.6) is 5.75 Å². The van der Waals surface area contributed by atoms with Gasteiger partial charge in [-0.2, -0.15) is 5.26 Å². The Kier molecular flexibility index (Phi) is 4.40. The van der Waals surface area contributed by atoms with E-state index in [2.05, 4.69) is 6.07 Å². The topological polar surface area (TPSA) is 42.2 Å². The number of para-hydroxylation sites is 1. The van der Waals surface area contributed by atoms with E-state index in [1.165, 1.54) is 25.7 Å². The summed E-state index contributed by atoms with van der Waals surface area (Å²) in [5.41, 5.74) is 0.577. The molecule has 3 nitrogen and oxygen atoms in total. The molecule has 0 amide bonds. The normalized spacial score (nSPS) is 15.7. The molecule has 1 aliphatic rings. The molecule has 3 heteroatoms. The third-order valence-electron chi connectivity index (χ3n) is 3.00. The molecule has 0 saturated heterocycles. The van der Waals surface area contributed by atoms with Crippen LogP contribution in [0.25, 0.3) is 0 Å². The van der Waals surface area contributed by atoms with Gasteiger partial charge in [-0.05, 0) is 25.0 Å². The molecule has 0 spiro atoms. The van der Waals surface area contributed by atoms with Gasteiger partial charge in [-0.15, -0.1) is 0 Å². The van der Waals surface area contributed by atoms with E-state index in [1.807, 2.05) is 18.2 Å². The molecule has 90 valence electrons. The number of nitrogens with zero attached hydrogens (tertiary/aromatic N) is 1. The van der Waals surface area contributed by atoms with Crippen molar-refractivity contribution in [2.24, 2.45) is 0 Å². The SMILES string of the molecule is N#Cc1ccccc1OCCOC1CCCC1. The van der Waals surface area contributed by atoms with Gasteiger partial charge in [0.2, 0.25) is 0 Å². The number of ether oxygens (including phenoxy) is 2. The smallest absolute Gasteiger partial charge is 0.137 e. The summed E-state index contributed by atoms with van der Waals surface area (Å²) < 4.78 is 11.2. The maximum Gasteiger partial charge on any atom is 0.137 e. The maximum absolute atomic E-state index is 8.89. The van der Waals surface area contributed by atoms with Crippen molar-refractivity contribution in [3.05, 3.63) is 29.8 Å². The van der Waals surface area contributed by atoms with Crippen molar-refractivity contribution in [2.45, 2.75) is 31.8 Å². The Morgan fingerprint density at radius 2 is 1.94 bits per heavy atom. The summed E-state index contributed by atoms with van der Waals surface area (Å²) in [5.74, 6) is 0.644. The van der Waals surface area contributed by atoms with Gasteiger partial charge in [0.05, 0.1) is 18.3 Å². The second-order valence-electron chi connectivity index (χ2n) is 4.23. The Morgan fingerprint density at radius 1 is 1.18 bits per heavy atom. The molecule has 0 unspecified atom stereocenters. The molecule has 1 saturated carbocycles. The number of hydrogen-bond donors (Lipinski definition) is 0. The minimum atomic E-state index is 0.421. The molecule has 1 aromatic rings. The Hall–Kier alpha value is -1.53. The summed E-state index contributed by atoms with van der Waals surface area (Å²) in [6.45, 7) is 1.11. The van der Waals surface area contributed by atoms with E-state index in [9.17, 15) is 0 Å². The van der Waals surface area contributed by atoms with Crippen molar-refractivity contribution in [2.75, 3.05) is 13.2 Å². The van der Waals surface area contributed by atoms with Crippen LogP contribution in [0.3, 0.4) is 0 Å². The zero-order valence-electron chi connectivity index (χ0n) is 9.89. The van der Waals surface area contributed by atoms with Gasteiger partial charge < -0.3 is 9.47 Å². The van der Waals surface area contributed by atoms with Gasteiger partial charge >= 0.3 is 0 Å². The zero-order valence-corrected chi connectivity index (χ0v) is 9.89. The highest BCUT2D eigenvalue weighted by Crippen LogP contribution is 2.21. The summed E-state index contributed by atoms with van der Waals surface area (Å²) >= 11 is 0. The zero-order chi connectivity index (χ0) is 11.9. The van der Waals surface area contributed by atoms with Crippen LogP contribution in [0.4, 0.5) is 0 Å². The lowest BCUT2D eigenvalue weighted by molar-refractivity contribution is 0.0381. The monoisotopic (exact) mass is 231 g/mol. The van der Waals surface area contributed by atoms with E-state index < -0.39 is 0 Å². The molecular weight excluding hydrogens is 214 g/mol. The fourth-order valence-corrected chi connectivity index (χ4v) is 2.11. The summed E-state index contributed by atoms with van der Waals surface area (Å²) in [5, 5.41) is 8.89. The molecule has 0 aliphatic heterocycles. The first kappa shape index (κ1) is 11.9. The molecule has 17 heavy (non-hydrogen) atoms. The average Bonchev–Trinajstić information content (AvgIpc) is 2.88. The molecule has 0 atom stereocenters. The van der Waals surface area contributed by atoms with Gasteiger partial charge in [0, 0.05) is 0 Å². The van der Waals surface area contributed by atoms with Crippen LogP contribution in [-0.2, 0) is 4.74 Å². The second kappa shape index (κ2) is 6.27.